The average molecular weight is 426 g/mol. The fourth-order valence-electron chi connectivity index (χ4n) is 4.13. The number of rotatable bonds is 5. The third-order valence-corrected chi connectivity index (χ3v) is 5.42. The molecule has 1 aliphatic rings. The van der Waals surface area contributed by atoms with Gasteiger partial charge in [0, 0.05) is 16.7 Å². The van der Waals surface area contributed by atoms with Gasteiger partial charge in [-0.2, -0.15) is 0 Å². The Labute approximate surface area is 186 Å². The van der Waals surface area contributed by atoms with Crippen molar-refractivity contribution in [3.8, 4) is 0 Å². The van der Waals surface area contributed by atoms with Gasteiger partial charge in [-0.15, -0.1) is 0 Å². The summed E-state index contributed by atoms with van der Waals surface area (Å²) in [4.78, 5) is 38.4. The summed E-state index contributed by atoms with van der Waals surface area (Å²) in [6.07, 6.45) is -0.114. The molecule has 0 fully saturated rings. The molecule has 160 valence electrons. The van der Waals surface area contributed by atoms with Crippen molar-refractivity contribution in [2.24, 2.45) is 0 Å². The number of carbonyl (C=O) groups is 3. The zero-order chi connectivity index (χ0) is 22.6. The minimum Gasteiger partial charge on any atom is -0.458 e. The highest BCUT2D eigenvalue weighted by atomic mass is 16.6. The Morgan fingerprint density at radius 1 is 0.781 bits per heavy atom. The first-order valence-corrected chi connectivity index (χ1v) is 10.4. The number of allylic oxidation sites excluding steroid dienone is 1. The van der Waals surface area contributed by atoms with E-state index in [0.717, 1.165) is 11.1 Å². The molecule has 4 rings (SSSR count). The average Bonchev–Trinajstić information content (AvgIpc) is 3.13. The van der Waals surface area contributed by atoms with E-state index in [1.165, 1.54) is 0 Å². The van der Waals surface area contributed by atoms with Crippen molar-refractivity contribution < 1.29 is 23.9 Å². The van der Waals surface area contributed by atoms with Crippen LogP contribution < -0.4 is 0 Å². The monoisotopic (exact) mass is 426 g/mol. The number of esters is 2. The Morgan fingerprint density at radius 2 is 1.31 bits per heavy atom. The second-order valence-electron chi connectivity index (χ2n) is 7.39. The molecule has 0 saturated heterocycles. The number of hydrogen-bond donors (Lipinski definition) is 0. The number of ketones is 1. The van der Waals surface area contributed by atoms with Gasteiger partial charge in [0.2, 0.25) is 0 Å². The van der Waals surface area contributed by atoms with E-state index in [2.05, 4.69) is 0 Å². The number of carbonyl (C=O) groups excluding carboxylic acids is 3. The first-order valence-electron chi connectivity index (χ1n) is 10.4. The predicted octanol–water partition coefficient (Wildman–Crippen LogP) is 4.57. The Bertz CT molecular complexity index is 1170. The van der Waals surface area contributed by atoms with Crippen LogP contribution in [0.1, 0.15) is 30.0 Å². The maximum atomic E-state index is 13.5. The highest BCUT2D eigenvalue weighted by Gasteiger charge is 2.51. The van der Waals surface area contributed by atoms with Crippen molar-refractivity contribution in [2.45, 2.75) is 18.9 Å². The molecule has 0 heterocycles. The lowest BCUT2D eigenvalue weighted by Crippen LogP contribution is -2.36. The molecule has 0 aromatic heterocycles. The van der Waals surface area contributed by atoms with E-state index in [1.807, 2.05) is 78.9 Å². The summed E-state index contributed by atoms with van der Waals surface area (Å²) < 4.78 is 10.8. The van der Waals surface area contributed by atoms with Crippen molar-refractivity contribution in [3.05, 3.63) is 108 Å². The largest absolute Gasteiger partial charge is 0.458 e. The van der Waals surface area contributed by atoms with Gasteiger partial charge in [0.25, 0.3) is 0 Å². The van der Waals surface area contributed by atoms with E-state index in [0.29, 0.717) is 16.7 Å². The molecule has 0 amide bonds. The quantitative estimate of drug-likeness (QED) is 0.442. The van der Waals surface area contributed by atoms with E-state index in [1.54, 1.807) is 19.1 Å². The van der Waals surface area contributed by atoms with Crippen molar-refractivity contribution in [1.29, 1.82) is 0 Å². The van der Waals surface area contributed by atoms with Gasteiger partial charge < -0.3 is 9.47 Å². The summed E-state index contributed by atoms with van der Waals surface area (Å²) >= 11 is 0. The molecule has 1 atom stereocenters. The van der Waals surface area contributed by atoms with Gasteiger partial charge in [-0.05, 0) is 18.1 Å². The molecule has 0 aliphatic heterocycles. The fraction of sp³-hybridized carbons (Fsp3) is 0.148. The van der Waals surface area contributed by atoms with E-state index < -0.39 is 17.5 Å². The molecule has 1 aliphatic carbocycles. The minimum atomic E-state index is -1.46. The lowest BCUT2D eigenvalue weighted by atomic mass is 9.82. The first-order chi connectivity index (χ1) is 15.6. The molecule has 5 heteroatoms. The van der Waals surface area contributed by atoms with Crippen molar-refractivity contribution in [2.75, 3.05) is 6.61 Å². The number of ether oxygens (including phenoxy) is 2. The summed E-state index contributed by atoms with van der Waals surface area (Å²) in [7, 11) is 0. The molecule has 0 N–H and O–H groups in total. The van der Waals surface area contributed by atoms with Crippen LogP contribution >= 0.6 is 0 Å². The van der Waals surface area contributed by atoms with Crippen LogP contribution in [0.4, 0.5) is 0 Å². The predicted molar refractivity (Wildman–Crippen MR) is 120 cm³/mol. The zero-order valence-corrected chi connectivity index (χ0v) is 17.6. The van der Waals surface area contributed by atoms with Gasteiger partial charge in [0.1, 0.15) is 0 Å². The maximum absolute atomic E-state index is 13.5. The zero-order valence-electron chi connectivity index (χ0n) is 17.6. The molecule has 3 aromatic carbocycles. The third-order valence-electron chi connectivity index (χ3n) is 5.42. The smallest absolute Gasteiger partial charge is 0.418 e. The minimum absolute atomic E-state index is 0.0435. The van der Waals surface area contributed by atoms with E-state index in [-0.39, 0.29) is 18.8 Å². The van der Waals surface area contributed by atoms with Gasteiger partial charge >= 0.3 is 11.9 Å². The molecule has 3 aromatic rings. The normalized spacial score (nSPS) is 17.8. The van der Waals surface area contributed by atoms with Crippen LogP contribution in [-0.4, -0.2) is 24.3 Å². The molecule has 5 nitrogen and oxygen atoms in total. The van der Waals surface area contributed by atoms with Crippen LogP contribution in [0.3, 0.4) is 0 Å². The molecule has 0 saturated carbocycles. The van der Waals surface area contributed by atoms with Crippen molar-refractivity contribution >= 4 is 28.9 Å². The van der Waals surface area contributed by atoms with Gasteiger partial charge in [-0.25, -0.2) is 9.59 Å². The van der Waals surface area contributed by atoms with Crippen LogP contribution in [-0.2, 0) is 29.5 Å². The molecule has 0 spiro atoms. The second kappa shape index (κ2) is 9.02. The Kier molecular flexibility index (Phi) is 5.99. The molecule has 32 heavy (non-hydrogen) atoms. The van der Waals surface area contributed by atoms with Crippen LogP contribution in [0.5, 0.6) is 0 Å². The van der Waals surface area contributed by atoms with E-state index in [9.17, 15) is 14.4 Å². The van der Waals surface area contributed by atoms with Gasteiger partial charge in [0.05, 0.1) is 13.0 Å². The second-order valence-corrected chi connectivity index (χ2v) is 7.39. The summed E-state index contributed by atoms with van der Waals surface area (Å²) in [5, 5.41) is 0. The molecular weight excluding hydrogens is 404 g/mol. The Morgan fingerprint density at radius 3 is 1.88 bits per heavy atom. The summed E-state index contributed by atoms with van der Waals surface area (Å²) in [5.74, 6) is -2.39. The number of hydrogen-bond acceptors (Lipinski definition) is 5. The topological polar surface area (TPSA) is 69.7 Å². The fourth-order valence-corrected chi connectivity index (χ4v) is 4.13. The molecule has 0 unspecified atom stereocenters. The standard InChI is InChI=1S/C27H22O5/c1-2-31-25(29)26(30)32-27(21-16-10-5-11-17-21)18-22(28)23(19-12-6-3-7-13-19)24(27)20-14-8-4-9-15-20/h3-17H,2,18H2,1H3/t27-/m0/s1. The van der Waals surface area contributed by atoms with Gasteiger partial charge in [0.15, 0.2) is 11.4 Å². The van der Waals surface area contributed by atoms with Crippen molar-refractivity contribution in [1.82, 2.24) is 0 Å². The first kappa shape index (κ1) is 21.2. The summed E-state index contributed by atoms with van der Waals surface area (Å²) in [6.45, 7) is 1.65. The van der Waals surface area contributed by atoms with Crippen LogP contribution in [0.15, 0.2) is 91.0 Å². The third kappa shape index (κ3) is 3.85. The van der Waals surface area contributed by atoms with E-state index in [4.69, 9.17) is 9.47 Å². The lowest BCUT2D eigenvalue weighted by Gasteiger charge is -2.32. The summed E-state index contributed by atoms with van der Waals surface area (Å²) in [5.41, 5.74) is 1.62. The summed E-state index contributed by atoms with van der Waals surface area (Å²) in [6, 6.07) is 27.6. The number of benzene rings is 3. The van der Waals surface area contributed by atoms with Gasteiger partial charge in [-0.3, -0.25) is 4.79 Å². The van der Waals surface area contributed by atoms with Crippen LogP contribution in [0.25, 0.3) is 11.1 Å². The Balaban J connectivity index is 1.99. The number of Topliss-reactive ketones (excluding diaryl/α,β-unsaturated/α-hetero) is 1. The SMILES string of the molecule is CCOC(=O)C(=O)O[C@]1(c2ccccc2)CC(=O)C(c2ccccc2)=C1c1ccccc1. The van der Waals surface area contributed by atoms with Gasteiger partial charge in [-0.1, -0.05) is 91.0 Å². The molecule has 0 bridgehead atoms. The molecular formula is C27H22O5. The lowest BCUT2D eigenvalue weighted by molar-refractivity contribution is -0.174. The highest BCUT2D eigenvalue weighted by Crippen LogP contribution is 2.52. The Hall–Kier alpha value is -3.99. The van der Waals surface area contributed by atoms with Crippen LogP contribution in [0.2, 0.25) is 0 Å². The van der Waals surface area contributed by atoms with E-state index >= 15 is 0 Å². The maximum Gasteiger partial charge on any atom is 0.418 e. The van der Waals surface area contributed by atoms with Crippen molar-refractivity contribution in [3.63, 3.8) is 0 Å². The molecule has 0 radical (unpaired) electrons. The van der Waals surface area contributed by atoms with Crippen LogP contribution in [0, 0.1) is 0 Å². The highest BCUT2D eigenvalue weighted by molar-refractivity contribution is 6.34.